The van der Waals surface area contributed by atoms with Crippen molar-refractivity contribution in [2.75, 3.05) is 13.1 Å². The van der Waals surface area contributed by atoms with Gasteiger partial charge in [0.1, 0.15) is 5.69 Å². The molecule has 1 aliphatic rings. The van der Waals surface area contributed by atoms with E-state index in [9.17, 15) is 4.79 Å². The second kappa shape index (κ2) is 8.49. The van der Waals surface area contributed by atoms with Crippen molar-refractivity contribution in [2.45, 2.75) is 52.1 Å². The molecule has 1 amide bonds. The normalized spacial score (nSPS) is 18.7. The summed E-state index contributed by atoms with van der Waals surface area (Å²) in [6.45, 7) is 8.45. The number of carbonyl (C=O) groups excluding carboxylic acids is 1. The number of carbonyl (C=O) groups is 1. The van der Waals surface area contributed by atoms with Crippen molar-refractivity contribution in [3.63, 3.8) is 0 Å². The first-order valence-corrected chi connectivity index (χ1v) is 9.67. The van der Waals surface area contributed by atoms with Crippen molar-refractivity contribution >= 4 is 5.91 Å². The average molecular weight is 354 g/mol. The predicted octanol–water partition coefficient (Wildman–Crippen LogP) is 3.63. The molecule has 1 aromatic carbocycles. The van der Waals surface area contributed by atoms with Crippen LogP contribution in [0.15, 0.2) is 36.5 Å². The average Bonchev–Trinajstić information content (AvgIpc) is 3.12. The fourth-order valence-corrected chi connectivity index (χ4v) is 3.67. The molecule has 140 valence electrons. The van der Waals surface area contributed by atoms with E-state index in [0.717, 1.165) is 32.4 Å². The van der Waals surface area contributed by atoms with E-state index in [1.807, 2.05) is 29.1 Å². The number of amides is 1. The summed E-state index contributed by atoms with van der Waals surface area (Å²) in [6, 6.07) is 10.4. The molecule has 1 aliphatic heterocycles. The van der Waals surface area contributed by atoms with Gasteiger partial charge in [-0.05, 0) is 55.8 Å². The highest BCUT2D eigenvalue weighted by Gasteiger charge is 2.21. The third kappa shape index (κ3) is 4.52. The first-order chi connectivity index (χ1) is 12.5. The van der Waals surface area contributed by atoms with Gasteiger partial charge in [-0.1, -0.05) is 38.1 Å². The van der Waals surface area contributed by atoms with Gasteiger partial charge in [-0.3, -0.25) is 9.48 Å². The van der Waals surface area contributed by atoms with Crippen molar-refractivity contribution < 1.29 is 4.79 Å². The second-order valence-corrected chi connectivity index (χ2v) is 7.69. The molecule has 2 aromatic rings. The number of piperidine rings is 1. The molecular weight excluding hydrogens is 324 g/mol. The summed E-state index contributed by atoms with van der Waals surface area (Å²) in [5, 5.41) is 11.1. The molecule has 2 heterocycles. The molecule has 2 N–H and O–H groups in total. The highest BCUT2D eigenvalue weighted by atomic mass is 16.2. The Kier molecular flexibility index (Phi) is 6.09. The van der Waals surface area contributed by atoms with Crippen molar-refractivity contribution in [3.8, 4) is 0 Å². The van der Waals surface area contributed by atoms with Crippen LogP contribution >= 0.6 is 0 Å². The molecule has 2 atom stereocenters. The monoisotopic (exact) mass is 354 g/mol. The summed E-state index contributed by atoms with van der Waals surface area (Å²) in [6.07, 6.45) is 5.09. The van der Waals surface area contributed by atoms with Gasteiger partial charge in [0.15, 0.2) is 0 Å². The Hall–Kier alpha value is -2.14. The Labute approximate surface area is 156 Å². The molecule has 0 spiro atoms. The summed E-state index contributed by atoms with van der Waals surface area (Å²) in [7, 11) is 0. The second-order valence-electron chi connectivity index (χ2n) is 7.69. The molecule has 5 nitrogen and oxygen atoms in total. The van der Waals surface area contributed by atoms with Crippen LogP contribution in [-0.2, 0) is 0 Å². The molecule has 0 saturated carbocycles. The van der Waals surface area contributed by atoms with E-state index in [1.54, 1.807) is 0 Å². The third-order valence-electron chi connectivity index (χ3n) is 5.06. The fourth-order valence-electron chi connectivity index (χ4n) is 3.67. The first kappa shape index (κ1) is 18.6. The number of hydrogen-bond acceptors (Lipinski definition) is 3. The van der Waals surface area contributed by atoms with E-state index in [-0.39, 0.29) is 11.9 Å². The number of hydrogen-bond donors (Lipinski definition) is 2. The highest BCUT2D eigenvalue weighted by Crippen LogP contribution is 2.24. The van der Waals surface area contributed by atoms with Gasteiger partial charge in [0, 0.05) is 12.7 Å². The number of nitrogens with one attached hydrogen (secondary N) is 2. The van der Waals surface area contributed by atoms with Crippen molar-refractivity contribution in [1.82, 2.24) is 20.4 Å². The predicted molar refractivity (Wildman–Crippen MR) is 104 cm³/mol. The lowest BCUT2D eigenvalue weighted by atomic mass is 9.94. The van der Waals surface area contributed by atoms with Crippen LogP contribution in [-0.4, -0.2) is 28.8 Å². The summed E-state index contributed by atoms with van der Waals surface area (Å²) < 4.78 is 1.94. The topological polar surface area (TPSA) is 59.0 Å². The van der Waals surface area contributed by atoms with Gasteiger partial charge in [-0.15, -0.1) is 0 Å². The Morgan fingerprint density at radius 2 is 2.15 bits per heavy atom. The minimum Gasteiger partial charge on any atom is -0.344 e. The molecule has 0 aliphatic carbocycles. The Morgan fingerprint density at radius 3 is 2.85 bits per heavy atom. The minimum absolute atomic E-state index is 0.00481. The standard InChI is InChI=1S/C21H30N4O/c1-15(2)13-20(18-9-5-4-7-16(18)3)23-21(26)19-10-12-25(24-19)17-8-6-11-22-14-17/h4-5,7,9-10,12,15,17,20,22H,6,8,11,13-14H2,1-3H3,(H,23,26). The largest absolute Gasteiger partial charge is 0.344 e. The lowest BCUT2D eigenvalue weighted by Gasteiger charge is -2.23. The van der Waals surface area contributed by atoms with E-state index in [2.05, 4.69) is 48.6 Å². The van der Waals surface area contributed by atoms with Gasteiger partial charge in [0.25, 0.3) is 5.91 Å². The van der Waals surface area contributed by atoms with Crippen molar-refractivity contribution in [2.24, 2.45) is 5.92 Å². The maximum absolute atomic E-state index is 12.8. The summed E-state index contributed by atoms with van der Waals surface area (Å²) in [4.78, 5) is 12.8. The first-order valence-electron chi connectivity index (χ1n) is 9.67. The zero-order chi connectivity index (χ0) is 18.5. The van der Waals surface area contributed by atoms with Crippen molar-refractivity contribution in [1.29, 1.82) is 0 Å². The van der Waals surface area contributed by atoms with Crippen LogP contribution in [0.25, 0.3) is 0 Å². The van der Waals surface area contributed by atoms with E-state index < -0.39 is 0 Å². The molecule has 2 unspecified atom stereocenters. The minimum atomic E-state index is -0.0959. The number of aromatic nitrogens is 2. The van der Waals surface area contributed by atoms with Crippen LogP contribution in [0.2, 0.25) is 0 Å². The highest BCUT2D eigenvalue weighted by molar-refractivity contribution is 5.92. The van der Waals surface area contributed by atoms with Gasteiger partial charge < -0.3 is 10.6 Å². The molecule has 5 heteroatoms. The van der Waals surface area contributed by atoms with Crippen LogP contribution in [0.4, 0.5) is 0 Å². The number of aryl methyl sites for hydroxylation is 1. The molecule has 1 aromatic heterocycles. The molecular formula is C21H30N4O. The smallest absolute Gasteiger partial charge is 0.272 e. The van der Waals surface area contributed by atoms with Crippen LogP contribution in [0.1, 0.15) is 66.8 Å². The number of benzene rings is 1. The van der Waals surface area contributed by atoms with Crippen LogP contribution in [0.5, 0.6) is 0 Å². The fraction of sp³-hybridized carbons (Fsp3) is 0.524. The summed E-state index contributed by atoms with van der Waals surface area (Å²) in [5.41, 5.74) is 2.89. The lowest BCUT2D eigenvalue weighted by Crippen LogP contribution is -2.33. The Morgan fingerprint density at radius 1 is 1.35 bits per heavy atom. The van der Waals surface area contributed by atoms with E-state index in [4.69, 9.17) is 0 Å². The van der Waals surface area contributed by atoms with Gasteiger partial charge in [0.2, 0.25) is 0 Å². The lowest BCUT2D eigenvalue weighted by molar-refractivity contribution is 0.0925. The van der Waals surface area contributed by atoms with Gasteiger partial charge in [-0.25, -0.2) is 0 Å². The molecule has 1 saturated heterocycles. The van der Waals surface area contributed by atoms with Crippen LogP contribution < -0.4 is 10.6 Å². The van der Waals surface area contributed by atoms with E-state index in [0.29, 0.717) is 17.7 Å². The number of rotatable bonds is 6. The molecule has 0 bridgehead atoms. The van der Waals surface area contributed by atoms with E-state index in [1.165, 1.54) is 11.1 Å². The van der Waals surface area contributed by atoms with Gasteiger partial charge in [0.05, 0.1) is 12.1 Å². The van der Waals surface area contributed by atoms with Gasteiger partial charge in [-0.2, -0.15) is 5.10 Å². The third-order valence-corrected chi connectivity index (χ3v) is 5.06. The van der Waals surface area contributed by atoms with Crippen molar-refractivity contribution in [3.05, 3.63) is 53.3 Å². The number of nitrogens with zero attached hydrogens (tertiary/aromatic N) is 2. The Balaban J connectivity index is 1.73. The molecule has 3 rings (SSSR count). The van der Waals surface area contributed by atoms with Crippen LogP contribution in [0, 0.1) is 12.8 Å². The SMILES string of the molecule is Cc1ccccc1C(CC(C)C)NC(=O)c1ccn(C2CCCNC2)n1. The van der Waals surface area contributed by atoms with Gasteiger partial charge >= 0.3 is 0 Å². The summed E-state index contributed by atoms with van der Waals surface area (Å²) >= 11 is 0. The summed E-state index contributed by atoms with van der Waals surface area (Å²) in [5.74, 6) is 0.396. The van der Waals surface area contributed by atoms with Crippen LogP contribution in [0.3, 0.4) is 0 Å². The maximum Gasteiger partial charge on any atom is 0.272 e. The molecule has 26 heavy (non-hydrogen) atoms. The Bertz CT molecular complexity index is 731. The van der Waals surface area contributed by atoms with E-state index >= 15 is 0 Å². The zero-order valence-electron chi connectivity index (χ0n) is 16.0. The molecule has 1 fully saturated rings. The molecule has 0 radical (unpaired) electrons. The zero-order valence-corrected chi connectivity index (χ0v) is 16.0. The maximum atomic E-state index is 12.8. The quantitative estimate of drug-likeness (QED) is 0.833.